The molecular weight excluding hydrogens is 302 g/mol. The second-order valence-electron chi connectivity index (χ2n) is 7.64. The van der Waals surface area contributed by atoms with Gasteiger partial charge >= 0.3 is 6.03 Å². The van der Waals surface area contributed by atoms with Crippen LogP contribution in [-0.4, -0.2) is 35.5 Å². The molecule has 2 aliphatic heterocycles. The molecule has 2 saturated heterocycles. The molecule has 5 nitrogen and oxygen atoms in total. The Labute approximate surface area is 142 Å². The molecule has 24 heavy (non-hydrogen) atoms. The van der Waals surface area contributed by atoms with Crippen LogP contribution in [0.4, 0.5) is 4.79 Å². The number of hydrogen-bond donors (Lipinski definition) is 2. The van der Waals surface area contributed by atoms with Crippen LogP contribution in [0.2, 0.25) is 0 Å². The van der Waals surface area contributed by atoms with Crippen LogP contribution in [0.3, 0.4) is 0 Å². The van der Waals surface area contributed by atoms with E-state index < -0.39 is 5.54 Å². The number of benzene rings is 1. The number of carbonyl (C=O) groups is 2. The number of fused-ring (bicyclic) bond motifs is 1. The van der Waals surface area contributed by atoms with Gasteiger partial charge in [0, 0.05) is 19.0 Å². The molecule has 1 aromatic rings. The fourth-order valence-corrected chi connectivity index (χ4v) is 4.50. The number of amides is 3. The molecule has 4 rings (SSSR count). The first-order valence-electron chi connectivity index (χ1n) is 9.01. The van der Waals surface area contributed by atoms with Crippen molar-refractivity contribution in [1.29, 1.82) is 0 Å². The van der Waals surface area contributed by atoms with Crippen molar-refractivity contribution in [3.63, 3.8) is 0 Å². The van der Waals surface area contributed by atoms with Crippen LogP contribution in [-0.2, 0) is 24.2 Å². The smallest absolute Gasteiger partial charge is 0.322 e. The summed E-state index contributed by atoms with van der Waals surface area (Å²) in [5.74, 6) is -0.0241. The Balaban J connectivity index is 1.45. The lowest BCUT2D eigenvalue weighted by molar-refractivity contribution is -0.126. The van der Waals surface area contributed by atoms with E-state index in [4.69, 9.17) is 0 Å². The minimum Gasteiger partial charge on any atom is -0.323 e. The van der Waals surface area contributed by atoms with Gasteiger partial charge < -0.3 is 5.32 Å². The van der Waals surface area contributed by atoms with Gasteiger partial charge in [-0.3, -0.25) is 15.0 Å². The van der Waals surface area contributed by atoms with Crippen molar-refractivity contribution in [1.82, 2.24) is 15.5 Å². The molecule has 2 unspecified atom stereocenters. The monoisotopic (exact) mass is 327 g/mol. The van der Waals surface area contributed by atoms with Gasteiger partial charge in [-0.15, -0.1) is 0 Å². The molecule has 0 bridgehead atoms. The highest BCUT2D eigenvalue weighted by molar-refractivity contribution is 6.07. The summed E-state index contributed by atoms with van der Waals surface area (Å²) in [4.78, 5) is 26.1. The van der Waals surface area contributed by atoms with Crippen molar-refractivity contribution in [3.8, 4) is 0 Å². The normalized spacial score (nSPS) is 30.1. The Kier molecular flexibility index (Phi) is 3.83. The van der Waals surface area contributed by atoms with Crippen LogP contribution < -0.4 is 10.6 Å². The van der Waals surface area contributed by atoms with E-state index in [-0.39, 0.29) is 17.9 Å². The third-order valence-corrected chi connectivity index (χ3v) is 5.96. The molecule has 3 amide bonds. The highest BCUT2D eigenvalue weighted by Gasteiger charge is 2.48. The number of hydrogen-bond acceptors (Lipinski definition) is 3. The number of nitrogens with one attached hydrogen (secondary N) is 2. The molecule has 0 saturated carbocycles. The first-order valence-corrected chi connectivity index (χ1v) is 9.01. The maximum Gasteiger partial charge on any atom is 0.322 e. The number of imide groups is 1. The summed E-state index contributed by atoms with van der Waals surface area (Å²) >= 11 is 0. The zero-order valence-corrected chi connectivity index (χ0v) is 14.2. The molecule has 1 aromatic carbocycles. The average molecular weight is 327 g/mol. The van der Waals surface area contributed by atoms with Crippen LogP contribution in [0.5, 0.6) is 0 Å². The van der Waals surface area contributed by atoms with Gasteiger partial charge in [0.05, 0.1) is 0 Å². The molecule has 0 spiro atoms. The van der Waals surface area contributed by atoms with E-state index >= 15 is 0 Å². The number of aryl methyl sites for hydroxylation is 2. The molecular formula is C19H25N3O2. The fraction of sp³-hybridized carbons (Fsp3) is 0.579. The maximum absolute atomic E-state index is 12.2. The van der Waals surface area contributed by atoms with Gasteiger partial charge in [-0.1, -0.05) is 18.2 Å². The SMILES string of the molecule is CC1(C2CCCN(Cc3ccc4c(c3)CCC4)C2)NC(=O)NC1=O. The van der Waals surface area contributed by atoms with Crippen molar-refractivity contribution in [2.75, 3.05) is 13.1 Å². The predicted octanol–water partition coefficient (Wildman–Crippen LogP) is 1.99. The molecule has 5 heteroatoms. The molecule has 2 heterocycles. The van der Waals surface area contributed by atoms with E-state index in [0.717, 1.165) is 32.5 Å². The highest BCUT2D eigenvalue weighted by atomic mass is 16.2. The first-order chi connectivity index (χ1) is 11.5. The average Bonchev–Trinajstić information content (AvgIpc) is 3.12. The van der Waals surface area contributed by atoms with Crippen LogP contribution in [0.25, 0.3) is 0 Å². The summed E-state index contributed by atoms with van der Waals surface area (Å²) in [5, 5.41) is 5.23. The van der Waals surface area contributed by atoms with Crippen molar-refractivity contribution in [2.24, 2.45) is 5.92 Å². The van der Waals surface area contributed by atoms with Crippen molar-refractivity contribution in [3.05, 3.63) is 34.9 Å². The number of urea groups is 1. The Morgan fingerprint density at radius 2 is 2.04 bits per heavy atom. The summed E-state index contributed by atoms with van der Waals surface area (Å²) in [7, 11) is 0. The zero-order valence-electron chi connectivity index (χ0n) is 14.2. The molecule has 2 fully saturated rings. The third kappa shape index (κ3) is 2.71. The molecule has 2 N–H and O–H groups in total. The number of likely N-dealkylation sites (tertiary alicyclic amines) is 1. The zero-order chi connectivity index (χ0) is 16.7. The Morgan fingerprint density at radius 1 is 1.21 bits per heavy atom. The summed E-state index contributed by atoms with van der Waals surface area (Å²) in [6.45, 7) is 4.69. The van der Waals surface area contributed by atoms with Crippen molar-refractivity contribution in [2.45, 2.75) is 51.1 Å². The Hall–Kier alpha value is -1.88. The van der Waals surface area contributed by atoms with Gasteiger partial charge in [-0.25, -0.2) is 4.79 Å². The first kappa shape index (κ1) is 15.6. The summed E-state index contributed by atoms with van der Waals surface area (Å²) in [6.07, 6.45) is 5.74. The Morgan fingerprint density at radius 3 is 2.83 bits per heavy atom. The minimum atomic E-state index is -0.770. The topological polar surface area (TPSA) is 61.4 Å². The third-order valence-electron chi connectivity index (χ3n) is 5.96. The number of carbonyl (C=O) groups excluding carboxylic acids is 2. The van der Waals surface area contributed by atoms with Gasteiger partial charge in [0.1, 0.15) is 5.54 Å². The molecule has 1 aliphatic carbocycles. The summed E-state index contributed by atoms with van der Waals surface area (Å²) in [5.41, 5.74) is 3.61. The van der Waals surface area contributed by atoms with Gasteiger partial charge in [-0.2, -0.15) is 0 Å². The van der Waals surface area contributed by atoms with E-state index in [1.165, 1.54) is 36.0 Å². The van der Waals surface area contributed by atoms with E-state index in [1.807, 2.05) is 6.92 Å². The van der Waals surface area contributed by atoms with E-state index in [2.05, 4.69) is 33.7 Å². The largest absolute Gasteiger partial charge is 0.323 e. The molecule has 3 aliphatic rings. The molecule has 128 valence electrons. The molecule has 0 aromatic heterocycles. The van der Waals surface area contributed by atoms with Gasteiger partial charge in [0.25, 0.3) is 5.91 Å². The fourth-order valence-electron chi connectivity index (χ4n) is 4.50. The molecule has 2 atom stereocenters. The van der Waals surface area contributed by atoms with Crippen molar-refractivity contribution < 1.29 is 9.59 Å². The van der Waals surface area contributed by atoms with Gasteiger partial charge in [0.2, 0.25) is 0 Å². The predicted molar refractivity (Wildman–Crippen MR) is 91.5 cm³/mol. The molecule has 0 radical (unpaired) electrons. The number of rotatable bonds is 3. The summed E-state index contributed by atoms with van der Waals surface area (Å²) in [6, 6.07) is 6.53. The second-order valence-corrected chi connectivity index (χ2v) is 7.64. The van der Waals surface area contributed by atoms with Crippen LogP contribution in [0.1, 0.15) is 42.9 Å². The van der Waals surface area contributed by atoms with Crippen LogP contribution in [0.15, 0.2) is 18.2 Å². The standard InChI is InChI=1S/C19H25N3O2/c1-19(17(23)20-18(24)21-19)16-6-3-9-22(12-16)11-13-7-8-14-4-2-5-15(14)10-13/h7-8,10,16H,2-6,9,11-12H2,1H3,(H2,20,21,23,24). The maximum atomic E-state index is 12.2. The lowest BCUT2D eigenvalue weighted by Crippen LogP contribution is -2.55. The number of piperidine rings is 1. The lowest BCUT2D eigenvalue weighted by Gasteiger charge is -2.39. The Bertz CT molecular complexity index is 687. The van der Waals surface area contributed by atoms with E-state index in [0.29, 0.717) is 0 Å². The van der Waals surface area contributed by atoms with Crippen LogP contribution >= 0.6 is 0 Å². The van der Waals surface area contributed by atoms with Crippen molar-refractivity contribution >= 4 is 11.9 Å². The van der Waals surface area contributed by atoms with E-state index in [9.17, 15) is 9.59 Å². The second kappa shape index (κ2) is 5.88. The lowest BCUT2D eigenvalue weighted by atomic mass is 9.80. The van der Waals surface area contributed by atoms with Gasteiger partial charge in [0.15, 0.2) is 0 Å². The number of nitrogens with zero attached hydrogens (tertiary/aromatic N) is 1. The minimum absolute atomic E-state index is 0.159. The van der Waals surface area contributed by atoms with E-state index in [1.54, 1.807) is 0 Å². The quantitative estimate of drug-likeness (QED) is 0.835. The van der Waals surface area contributed by atoms with Gasteiger partial charge in [-0.05, 0) is 62.3 Å². The van der Waals surface area contributed by atoms with Crippen LogP contribution in [0, 0.1) is 5.92 Å². The summed E-state index contributed by atoms with van der Waals surface area (Å²) < 4.78 is 0. The highest BCUT2D eigenvalue weighted by Crippen LogP contribution is 2.31.